The van der Waals surface area contributed by atoms with Crippen LogP contribution in [0.5, 0.6) is 0 Å². The minimum Gasteiger partial charge on any atom is -0.394 e. The van der Waals surface area contributed by atoms with Gasteiger partial charge in [0.2, 0.25) is 5.13 Å². The van der Waals surface area contributed by atoms with Crippen molar-refractivity contribution in [3.63, 3.8) is 0 Å². The van der Waals surface area contributed by atoms with Gasteiger partial charge in [0, 0.05) is 25.4 Å². The summed E-state index contributed by atoms with van der Waals surface area (Å²) in [5.41, 5.74) is -0.137. The van der Waals surface area contributed by atoms with E-state index in [1.165, 1.54) is 0 Å². The Morgan fingerprint density at radius 1 is 1.33 bits per heavy atom. The Kier molecular flexibility index (Phi) is 8.55. The van der Waals surface area contributed by atoms with Crippen LogP contribution < -0.4 is 10.2 Å². The molecule has 1 aromatic rings. The number of unbranched alkanes of at least 4 members (excludes halogenated alkanes) is 1. The van der Waals surface area contributed by atoms with E-state index in [0.29, 0.717) is 0 Å². The number of aliphatic hydroxyl groups excluding tert-OH is 1. The summed E-state index contributed by atoms with van der Waals surface area (Å²) in [5, 5.41) is 22.2. The van der Waals surface area contributed by atoms with Gasteiger partial charge in [-0.05, 0) is 32.7 Å². The van der Waals surface area contributed by atoms with E-state index in [9.17, 15) is 5.11 Å². The highest BCUT2D eigenvalue weighted by molar-refractivity contribution is 8.01. The normalized spacial score (nSPS) is 14.1. The van der Waals surface area contributed by atoms with Crippen LogP contribution in [0.3, 0.4) is 0 Å². The topological polar surface area (TPSA) is 61.3 Å². The maximum Gasteiger partial charge on any atom is 0.208 e. The molecule has 7 heteroatoms. The van der Waals surface area contributed by atoms with E-state index in [-0.39, 0.29) is 12.1 Å². The van der Waals surface area contributed by atoms with Crippen molar-refractivity contribution in [2.24, 2.45) is 0 Å². The van der Waals surface area contributed by atoms with Crippen molar-refractivity contribution in [1.82, 2.24) is 15.5 Å². The van der Waals surface area contributed by atoms with Crippen molar-refractivity contribution in [2.45, 2.75) is 49.4 Å². The molecule has 0 fully saturated rings. The smallest absolute Gasteiger partial charge is 0.208 e. The van der Waals surface area contributed by atoms with Crippen LogP contribution in [-0.4, -0.2) is 53.8 Å². The van der Waals surface area contributed by atoms with Gasteiger partial charge in [-0.15, -0.1) is 10.2 Å². The highest BCUT2D eigenvalue weighted by atomic mass is 32.2. The molecule has 1 rings (SSSR count). The zero-order chi connectivity index (χ0) is 15.7. The monoisotopic (exact) mass is 332 g/mol. The minimum absolute atomic E-state index is 0.137. The van der Waals surface area contributed by atoms with E-state index in [0.717, 1.165) is 47.5 Å². The number of rotatable bonds is 11. The fourth-order valence-electron chi connectivity index (χ4n) is 1.87. The zero-order valence-corrected chi connectivity index (χ0v) is 15.2. The number of hydrogen-bond acceptors (Lipinski definition) is 7. The molecule has 0 aliphatic heterocycles. The van der Waals surface area contributed by atoms with Crippen molar-refractivity contribution >= 4 is 28.2 Å². The molecule has 0 aliphatic rings. The molecule has 0 saturated heterocycles. The van der Waals surface area contributed by atoms with Gasteiger partial charge in [0.05, 0.1) is 6.61 Å². The molecule has 1 heterocycles. The molecule has 21 heavy (non-hydrogen) atoms. The average Bonchev–Trinajstić information content (AvgIpc) is 2.94. The number of aromatic nitrogens is 2. The SMILES string of the molecule is CCCNC(C)(CO)CCCCSc1nnc(N(C)C)s1. The number of nitrogens with one attached hydrogen (secondary N) is 1. The Balaban J connectivity index is 2.21. The number of aliphatic hydroxyl groups is 1. The minimum atomic E-state index is -0.137. The van der Waals surface area contributed by atoms with Gasteiger partial charge >= 0.3 is 0 Å². The predicted molar refractivity (Wildman–Crippen MR) is 92.6 cm³/mol. The summed E-state index contributed by atoms with van der Waals surface area (Å²) < 4.78 is 1.03. The van der Waals surface area contributed by atoms with Crippen molar-refractivity contribution in [2.75, 3.05) is 37.9 Å². The summed E-state index contributed by atoms with van der Waals surface area (Å²) in [6.45, 7) is 5.40. The molecule has 0 aromatic carbocycles. The van der Waals surface area contributed by atoms with E-state index in [4.69, 9.17) is 0 Å². The van der Waals surface area contributed by atoms with Gasteiger partial charge in [-0.25, -0.2) is 0 Å². The van der Waals surface area contributed by atoms with Gasteiger partial charge < -0.3 is 15.3 Å². The molecular formula is C14H28N4OS2. The summed E-state index contributed by atoms with van der Waals surface area (Å²) >= 11 is 3.40. The van der Waals surface area contributed by atoms with E-state index in [1.54, 1.807) is 23.1 Å². The molecule has 0 radical (unpaired) electrons. The van der Waals surface area contributed by atoms with Crippen LogP contribution in [0.25, 0.3) is 0 Å². The fourth-order valence-corrected chi connectivity index (χ4v) is 3.70. The molecule has 1 atom stereocenters. The van der Waals surface area contributed by atoms with E-state index in [2.05, 4.69) is 29.4 Å². The third kappa shape index (κ3) is 6.95. The van der Waals surface area contributed by atoms with Crippen LogP contribution >= 0.6 is 23.1 Å². The van der Waals surface area contributed by atoms with Crippen LogP contribution in [0.4, 0.5) is 5.13 Å². The molecule has 0 amide bonds. The van der Waals surface area contributed by atoms with Crippen molar-refractivity contribution in [3.05, 3.63) is 0 Å². The van der Waals surface area contributed by atoms with Crippen LogP contribution in [0.1, 0.15) is 39.5 Å². The second-order valence-electron chi connectivity index (χ2n) is 5.70. The number of thioether (sulfide) groups is 1. The summed E-state index contributed by atoms with van der Waals surface area (Å²) in [4.78, 5) is 1.98. The first-order valence-corrected chi connectivity index (χ1v) is 9.30. The van der Waals surface area contributed by atoms with Crippen LogP contribution in [0.15, 0.2) is 4.34 Å². The van der Waals surface area contributed by atoms with Gasteiger partial charge in [0.15, 0.2) is 4.34 Å². The molecule has 5 nitrogen and oxygen atoms in total. The average molecular weight is 333 g/mol. The van der Waals surface area contributed by atoms with Crippen molar-refractivity contribution in [1.29, 1.82) is 0 Å². The summed E-state index contributed by atoms with van der Waals surface area (Å²) in [7, 11) is 3.96. The van der Waals surface area contributed by atoms with Crippen LogP contribution in [-0.2, 0) is 0 Å². The first-order chi connectivity index (χ1) is 10.0. The molecule has 1 aromatic heterocycles. The second kappa shape index (κ2) is 9.61. The van der Waals surface area contributed by atoms with Gasteiger partial charge in [-0.3, -0.25) is 0 Å². The van der Waals surface area contributed by atoms with E-state index in [1.807, 2.05) is 19.0 Å². The molecule has 2 N–H and O–H groups in total. The first-order valence-electron chi connectivity index (χ1n) is 7.50. The molecule has 0 saturated carbocycles. The molecular weight excluding hydrogens is 304 g/mol. The number of hydrogen-bond donors (Lipinski definition) is 2. The van der Waals surface area contributed by atoms with Gasteiger partial charge in [0.1, 0.15) is 0 Å². The van der Waals surface area contributed by atoms with Gasteiger partial charge in [-0.2, -0.15) is 0 Å². The van der Waals surface area contributed by atoms with Crippen molar-refractivity contribution < 1.29 is 5.11 Å². The molecule has 1 unspecified atom stereocenters. The second-order valence-corrected chi connectivity index (χ2v) is 7.99. The molecule has 0 aliphatic carbocycles. The summed E-state index contributed by atoms with van der Waals surface area (Å²) in [6, 6.07) is 0. The van der Waals surface area contributed by atoms with E-state index >= 15 is 0 Å². The lowest BCUT2D eigenvalue weighted by Gasteiger charge is -2.28. The van der Waals surface area contributed by atoms with Crippen LogP contribution in [0, 0.1) is 0 Å². The lowest BCUT2D eigenvalue weighted by molar-refractivity contribution is 0.163. The molecule has 0 bridgehead atoms. The van der Waals surface area contributed by atoms with Gasteiger partial charge in [-0.1, -0.05) is 36.4 Å². The van der Waals surface area contributed by atoms with Crippen LogP contribution in [0.2, 0.25) is 0 Å². The maximum atomic E-state index is 9.51. The Bertz CT molecular complexity index is 400. The highest BCUT2D eigenvalue weighted by Crippen LogP contribution is 2.27. The molecule has 0 spiro atoms. The first kappa shape index (κ1) is 18.7. The number of anilines is 1. The lowest BCUT2D eigenvalue weighted by atomic mass is 9.96. The predicted octanol–water partition coefficient (Wildman–Crippen LogP) is 2.62. The van der Waals surface area contributed by atoms with Crippen molar-refractivity contribution in [3.8, 4) is 0 Å². The Labute approximate surface area is 136 Å². The lowest BCUT2D eigenvalue weighted by Crippen LogP contribution is -2.46. The summed E-state index contributed by atoms with van der Waals surface area (Å²) in [5.74, 6) is 1.05. The molecule has 122 valence electrons. The fraction of sp³-hybridized carbons (Fsp3) is 0.857. The van der Waals surface area contributed by atoms with E-state index < -0.39 is 0 Å². The quantitative estimate of drug-likeness (QED) is 0.480. The number of nitrogens with zero attached hydrogens (tertiary/aromatic N) is 3. The largest absolute Gasteiger partial charge is 0.394 e. The zero-order valence-electron chi connectivity index (χ0n) is 13.6. The Morgan fingerprint density at radius 2 is 2.10 bits per heavy atom. The standard InChI is InChI=1S/C14H28N4OS2/c1-5-9-15-14(2,11-19)8-6-7-10-20-13-17-16-12(21-13)18(3)4/h15,19H,5-11H2,1-4H3. The maximum absolute atomic E-state index is 9.51. The highest BCUT2D eigenvalue weighted by Gasteiger charge is 2.21. The Morgan fingerprint density at radius 3 is 2.67 bits per heavy atom. The third-order valence-electron chi connectivity index (χ3n) is 3.28. The van der Waals surface area contributed by atoms with Gasteiger partial charge in [0.25, 0.3) is 0 Å². The summed E-state index contributed by atoms with van der Waals surface area (Å²) in [6.07, 6.45) is 4.34. The third-order valence-corrected chi connectivity index (χ3v) is 5.59. The Hall–Kier alpha value is -0.370.